The maximum absolute atomic E-state index is 12.6. The van der Waals surface area contributed by atoms with Crippen LogP contribution in [0.15, 0.2) is 60.8 Å². The molecule has 132 valence electrons. The molecule has 0 fully saturated rings. The van der Waals surface area contributed by atoms with Crippen molar-refractivity contribution in [1.29, 1.82) is 0 Å². The summed E-state index contributed by atoms with van der Waals surface area (Å²) in [5.74, 6) is 0.844. The third kappa shape index (κ3) is 4.32. The van der Waals surface area contributed by atoms with Crippen molar-refractivity contribution < 1.29 is 9.53 Å². The Balaban J connectivity index is 1.79. The van der Waals surface area contributed by atoms with Crippen LogP contribution in [0.4, 0.5) is 17.2 Å². The summed E-state index contributed by atoms with van der Waals surface area (Å²) in [4.78, 5) is 16.9. The number of anilines is 3. The lowest BCUT2D eigenvalue weighted by Crippen LogP contribution is -2.13. The number of nitrogens with zero attached hydrogens (tertiary/aromatic N) is 1. The van der Waals surface area contributed by atoms with E-state index in [9.17, 15) is 4.79 Å². The number of aryl methyl sites for hydroxylation is 1. The number of aromatic nitrogens is 1. The normalized spacial score (nSPS) is 10.3. The van der Waals surface area contributed by atoms with Gasteiger partial charge in [-0.2, -0.15) is 0 Å². The molecule has 5 nitrogen and oxygen atoms in total. The lowest BCUT2D eigenvalue weighted by molar-refractivity contribution is 0.102. The number of methoxy groups -OCH3 is 1. The topological polar surface area (TPSA) is 63.2 Å². The monoisotopic (exact) mass is 367 g/mol. The van der Waals surface area contributed by atoms with E-state index in [-0.39, 0.29) is 5.91 Å². The highest BCUT2D eigenvalue weighted by molar-refractivity contribution is 6.31. The molecular formula is C20H18ClN3O2. The van der Waals surface area contributed by atoms with Gasteiger partial charge in [-0.1, -0.05) is 23.7 Å². The largest absolute Gasteiger partial charge is 0.495 e. The molecule has 0 saturated heterocycles. The average Bonchev–Trinajstić information content (AvgIpc) is 2.62. The predicted octanol–water partition coefficient (Wildman–Crippen LogP) is 5.05. The second-order valence-corrected chi connectivity index (χ2v) is 6.16. The number of amides is 1. The number of benzene rings is 2. The van der Waals surface area contributed by atoms with Gasteiger partial charge >= 0.3 is 0 Å². The Morgan fingerprint density at radius 2 is 1.96 bits per heavy atom. The maximum atomic E-state index is 12.6. The maximum Gasteiger partial charge on any atom is 0.255 e. The summed E-state index contributed by atoms with van der Waals surface area (Å²) in [5, 5.41) is 6.53. The molecule has 1 aromatic heterocycles. The fourth-order valence-electron chi connectivity index (χ4n) is 2.48. The second kappa shape index (κ2) is 7.89. The molecule has 26 heavy (non-hydrogen) atoms. The molecular weight excluding hydrogens is 350 g/mol. The van der Waals surface area contributed by atoms with Crippen molar-refractivity contribution in [3.8, 4) is 5.75 Å². The molecule has 3 rings (SSSR count). The SMILES string of the molecule is COc1ccc(Cl)cc1NC(=O)c1ccnc(Nc2cccc(C)c2)c1. The van der Waals surface area contributed by atoms with Gasteiger partial charge in [-0.05, 0) is 55.0 Å². The van der Waals surface area contributed by atoms with Gasteiger partial charge < -0.3 is 15.4 Å². The van der Waals surface area contributed by atoms with Crippen LogP contribution in [0.2, 0.25) is 5.02 Å². The van der Waals surface area contributed by atoms with Gasteiger partial charge in [-0.15, -0.1) is 0 Å². The molecule has 1 heterocycles. The number of pyridine rings is 1. The Morgan fingerprint density at radius 3 is 2.73 bits per heavy atom. The molecule has 0 saturated carbocycles. The molecule has 2 N–H and O–H groups in total. The van der Waals surface area contributed by atoms with Crippen molar-refractivity contribution >= 4 is 34.7 Å². The van der Waals surface area contributed by atoms with Crippen LogP contribution < -0.4 is 15.4 Å². The zero-order valence-corrected chi connectivity index (χ0v) is 15.2. The zero-order valence-electron chi connectivity index (χ0n) is 14.4. The van der Waals surface area contributed by atoms with Gasteiger partial charge in [0.15, 0.2) is 0 Å². The summed E-state index contributed by atoms with van der Waals surface area (Å²) in [6, 6.07) is 16.3. The van der Waals surface area contributed by atoms with Gasteiger partial charge in [0.2, 0.25) is 0 Å². The van der Waals surface area contributed by atoms with Crippen LogP contribution in [0, 0.1) is 6.92 Å². The minimum atomic E-state index is -0.278. The summed E-state index contributed by atoms with van der Waals surface area (Å²) in [6.45, 7) is 2.01. The first kappa shape index (κ1) is 17.8. The summed E-state index contributed by atoms with van der Waals surface area (Å²) in [7, 11) is 1.54. The van der Waals surface area contributed by atoms with Gasteiger partial charge in [0.05, 0.1) is 12.8 Å². The van der Waals surface area contributed by atoms with E-state index in [2.05, 4.69) is 15.6 Å². The molecule has 0 spiro atoms. The van der Waals surface area contributed by atoms with Crippen LogP contribution in [0.3, 0.4) is 0 Å². The van der Waals surface area contributed by atoms with Crippen LogP contribution in [-0.4, -0.2) is 18.0 Å². The molecule has 0 atom stereocenters. The molecule has 0 bridgehead atoms. The number of halogens is 1. The van der Waals surface area contributed by atoms with Crippen molar-refractivity contribution in [3.05, 3.63) is 76.9 Å². The van der Waals surface area contributed by atoms with Gasteiger partial charge in [0, 0.05) is 22.5 Å². The summed E-state index contributed by atoms with van der Waals surface area (Å²) >= 11 is 6.00. The number of carbonyl (C=O) groups excluding carboxylic acids is 1. The van der Waals surface area contributed by atoms with E-state index in [1.807, 2.05) is 31.2 Å². The molecule has 0 aliphatic heterocycles. The van der Waals surface area contributed by atoms with Gasteiger partial charge in [-0.3, -0.25) is 4.79 Å². The van der Waals surface area contributed by atoms with Crippen molar-refractivity contribution in [2.45, 2.75) is 6.92 Å². The molecule has 1 amide bonds. The predicted molar refractivity (Wildman–Crippen MR) is 105 cm³/mol. The summed E-state index contributed by atoms with van der Waals surface area (Å²) < 4.78 is 5.25. The van der Waals surface area contributed by atoms with Crippen molar-refractivity contribution in [3.63, 3.8) is 0 Å². The van der Waals surface area contributed by atoms with E-state index in [1.165, 1.54) is 7.11 Å². The molecule has 6 heteroatoms. The second-order valence-electron chi connectivity index (χ2n) is 5.72. The molecule has 2 aromatic carbocycles. The Bertz CT molecular complexity index is 944. The van der Waals surface area contributed by atoms with Gasteiger partial charge in [0.1, 0.15) is 11.6 Å². The highest BCUT2D eigenvalue weighted by Crippen LogP contribution is 2.28. The Hall–Kier alpha value is -3.05. The molecule has 3 aromatic rings. The lowest BCUT2D eigenvalue weighted by atomic mass is 10.2. The third-order valence-electron chi connectivity index (χ3n) is 3.72. The number of carbonyl (C=O) groups is 1. The van der Waals surface area contributed by atoms with Crippen molar-refractivity contribution in [1.82, 2.24) is 4.98 Å². The zero-order chi connectivity index (χ0) is 18.5. The highest BCUT2D eigenvalue weighted by atomic mass is 35.5. The molecule has 0 radical (unpaired) electrons. The fraction of sp³-hybridized carbons (Fsp3) is 0.100. The number of hydrogen-bond acceptors (Lipinski definition) is 4. The quantitative estimate of drug-likeness (QED) is 0.662. The van der Waals surface area contributed by atoms with Crippen molar-refractivity contribution in [2.75, 3.05) is 17.7 Å². The average molecular weight is 368 g/mol. The van der Waals surface area contributed by atoms with Crippen LogP contribution in [0.5, 0.6) is 5.75 Å². The minimum Gasteiger partial charge on any atom is -0.495 e. The molecule has 0 aliphatic carbocycles. The highest BCUT2D eigenvalue weighted by Gasteiger charge is 2.11. The first-order chi connectivity index (χ1) is 12.5. The van der Waals surface area contributed by atoms with Gasteiger partial charge in [0.25, 0.3) is 5.91 Å². The van der Waals surface area contributed by atoms with Crippen LogP contribution in [0.1, 0.15) is 15.9 Å². The van der Waals surface area contributed by atoms with E-state index in [1.54, 1.807) is 36.5 Å². The first-order valence-corrected chi connectivity index (χ1v) is 8.37. The fourth-order valence-corrected chi connectivity index (χ4v) is 2.66. The standard InChI is InChI=1S/C20H18ClN3O2/c1-13-4-3-5-16(10-13)23-19-11-14(8-9-22-19)20(25)24-17-12-15(21)6-7-18(17)26-2/h3-12H,1-2H3,(H,22,23)(H,24,25). The van der Waals surface area contributed by atoms with E-state index in [4.69, 9.17) is 16.3 Å². The van der Waals surface area contributed by atoms with Crippen molar-refractivity contribution in [2.24, 2.45) is 0 Å². The number of nitrogens with one attached hydrogen (secondary N) is 2. The first-order valence-electron chi connectivity index (χ1n) is 8.00. The molecule has 0 unspecified atom stereocenters. The van der Waals surface area contributed by atoms with E-state index >= 15 is 0 Å². The Morgan fingerprint density at radius 1 is 1.12 bits per heavy atom. The summed E-state index contributed by atoms with van der Waals surface area (Å²) in [6.07, 6.45) is 1.59. The van der Waals surface area contributed by atoms with Crippen LogP contribution in [-0.2, 0) is 0 Å². The van der Waals surface area contributed by atoms with E-state index in [0.29, 0.717) is 27.8 Å². The van der Waals surface area contributed by atoms with E-state index < -0.39 is 0 Å². The molecule has 0 aliphatic rings. The third-order valence-corrected chi connectivity index (χ3v) is 3.96. The van der Waals surface area contributed by atoms with Gasteiger partial charge in [-0.25, -0.2) is 4.98 Å². The van der Waals surface area contributed by atoms with E-state index in [0.717, 1.165) is 11.3 Å². The number of rotatable bonds is 5. The van der Waals surface area contributed by atoms with Crippen LogP contribution in [0.25, 0.3) is 0 Å². The smallest absolute Gasteiger partial charge is 0.255 e. The summed E-state index contributed by atoms with van der Waals surface area (Å²) in [5.41, 5.74) is 3.02. The minimum absolute atomic E-state index is 0.278. The van der Waals surface area contributed by atoms with Crippen LogP contribution >= 0.6 is 11.6 Å². The number of ether oxygens (including phenoxy) is 1. The number of hydrogen-bond donors (Lipinski definition) is 2. The Kier molecular flexibility index (Phi) is 5.39. The Labute approximate surface area is 157 Å². The lowest BCUT2D eigenvalue weighted by Gasteiger charge is -2.11.